The molecule has 0 saturated heterocycles. The van der Waals surface area contributed by atoms with Crippen molar-refractivity contribution in [2.45, 2.75) is 18.8 Å². The molecule has 0 radical (unpaired) electrons. The summed E-state index contributed by atoms with van der Waals surface area (Å²) in [7, 11) is 1.56. The van der Waals surface area contributed by atoms with Gasteiger partial charge in [-0.25, -0.2) is 4.79 Å². The smallest absolute Gasteiger partial charge is 0.327 e. The lowest BCUT2D eigenvalue weighted by atomic mass is 9.95. The van der Waals surface area contributed by atoms with Gasteiger partial charge in [-0.15, -0.1) is 0 Å². The number of pyridine rings is 1. The molecule has 2 aromatic rings. The van der Waals surface area contributed by atoms with Crippen LogP contribution in [0.3, 0.4) is 0 Å². The first-order valence-corrected chi connectivity index (χ1v) is 8.89. The first-order chi connectivity index (χ1) is 13.8. The van der Waals surface area contributed by atoms with E-state index in [-0.39, 0.29) is 19.0 Å². The van der Waals surface area contributed by atoms with E-state index < -0.39 is 23.8 Å². The van der Waals surface area contributed by atoms with Crippen molar-refractivity contribution in [1.82, 2.24) is 20.1 Å². The highest BCUT2D eigenvalue weighted by atomic mass is 19.4. The number of urea groups is 1. The molecule has 3 heterocycles. The van der Waals surface area contributed by atoms with Gasteiger partial charge in [0.15, 0.2) is 0 Å². The van der Waals surface area contributed by atoms with Crippen LogP contribution in [0.15, 0.2) is 59.9 Å². The zero-order valence-corrected chi connectivity index (χ0v) is 15.4. The third kappa shape index (κ3) is 3.43. The Kier molecular flexibility index (Phi) is 4.52. The molecule has 1 N–H and O–H groups in total. The Labute approximate surface area is 164 Å². The summed E-state index contributed by atoms with van der Waals surface area (Å²) in [5.41, 5.74) is 1.24. The molecular formula is C20H17F3N4O2. The molecule has 1 unspecified atom stereocenters. The quantitative estimate of drug-likeness (QED) is 0.858. The molecule has 3 amide bonds. The summed E-state index contributed by atoms with van der Waals surface area (Å²) in [6.07, 6.45) is -2.83. The van der Waals surface area contributed by atoms with Gasteiger partial charge >= 0.3 is 12.2 Å². The lowest BCUT2D eigenvalue weighted by Gasteiger charge is -2.31. The Morgan fingerprint density at radius 1 is 1.14 bits per heavy atom. The van der Waals surface area contributed by atoms with E-state index in [1.807, 2.05) is 6.07 Å². The van der Waals surface area contributed by atoms with Crippen molar-refractivity contribution < 1.29 is 22.8 Å². The maximum Gasteiger partial charge on any atom is 0.416 e. The minimum Gasteiger partial charge on any atom is -0.327 e. The van der Waals surface area contributed by atoms with E-state index in [0.29, 0.717) is 22.5 Å². The van der Waals surface area contributed by atoms with E-state index >= 15 is 0 Å². The molecule has 1 aromatic heterocycles. The number of rotatable bonds is 3. The monoisotopic (exact) mass is 402 g/mol. The van der Waals surface area contributed by atoms with Crippen molar-refractivity contribution in [3.05, 3.63) is 76.8 Å². The molecule has 1 atom stereocenters. The maximum absolute atomic E-state index is 13.1. The second-order valence-electron chi connectivity index (χ2n) is 6.90. The molecule has 4 rings (SSSR count). The average Bonchev–Trinajstić information content (AvgIpc) is 3.02. The summed E-state index contributed by atoms with van der Waals surface area (Å²) in [6, 6.07) is 8.64. The second kappa shape index (κ2) is 6.91. The van der Waals surface area contributed by atoms with E-state index in [2.05, 4.69) is 10.3 Å². The number of carbonyl (C=O) groups excluding carboxylic acids is 2. The molecule has 1 aromatic carbocycles. The standard InChI is InChI=1S/C20H17F3N4O2/c1-26-15-11-27(10-14-4-2-3-9-24-14)18(28)16(15)17(25-19(26)29)12-5-7-13(8-6-12)20(21,22)23/h2-9,17H,10-11H2,1H3,(H,25,29). The topological polar surface area (TPSA) is 65.5 Å². The van der Waals surface area contributed by atoms with Gasteiger partial charge in [0, 0.05) is 13.2 Å². The third-order valence-corrected chi connectivity index (χ3v) is 5.09. The fraction of sp³-hybridized carbons (Fsp3) is 0.250. The van der Waals surface area contributed by atoms with Crippen LogP contribution in [0.5, 0.6) is 0 Å². The number of alkyl halides is 3. The largest absolute Gasteiger partial charge is 0.416 e. The summed E-state index contributed by atoms with van der Waals surface area (Å²) < 4.78 is 38.6. The Morgan fingerprint density at radius 3 is 2.48 bits per heavy atom. The minimum atomic E-state index is -4.46. The van der Waals surface area contributed by atoms with Gasteiger partial charge in [-0.3, -0.25) is 14.7 Å². The normalized spacial score (nSPS) is 19.5. The van der Waals surface area contributed by atoms with Crippen molar-refractivity contribution in [3.63, 3.8) is 0 Å². The van der Waals surface area contributed by atoms with Crippen molar-refractivity contribution in [2.24, 2.45) is 0 Å². The first-order valence-electron chi connectivity index (χ1n) is 8.89. The number of halogens is 3. The van der Waals surface area contributed by atoms with Crippen molar-refractivity contribution >= 4 is 11.9 Å². The van der Waals surface area contributed by atoms with Gasteiger partial charge in [0.1, 0.15) is 0 Å². The van der Waals surface area contributed by atoms with Gasteiger partial charge in [0.05, 0.1) is 41.7 Å². The molecule has 2 aliphatic rings. The molecule has 0 spiro atoms. The Morgan fingerprint density at radius 2 is 1.86 bits per heavy atom. The SMILES string of the molecule is CN1C(=O)NC(c2ccc(C(F)(F)F)cc2)C2=C1CN(Cc1ccccn1)C2=O. The molecule has 29 heavy (non-hydrogen) atoms. The molecule has 150 valence electrons. The van der Waals surface area contributed by atoms with Crippen molar-refractivity contribution in [1.29, 1.82) is 0 Å². The van der Waals surface area contributed by atoms with E-state index in [9.17, 15) is 22.8 Å². The Balaban J connectivity index is 1.65. The highest BCUT2D eigenvalue weighted by Gasteiger charge is 2.43. The van der Waals surface area contributed by atoms with E-state index in [1.165, 1.54) is 17.0 Å². The number of likely N-dealkylation sites (N-methyl/N-ethyl adjacent to an activating group) is 1. The van der Waals surface area contributed by atoms with Crippen LogP contribution in [0.1, 0.15) is 22.9 Å². The van der Waals surface area contributed by atoms with Gasteiger partial charge < -0.3 is 10.2 Å². The van der Waals surface area contributed by atoms with Crippen LogP contribution in [0, 0.1) is 0 Å². The molecule has 0 bridgehead atoms. The summed E-state index contributed by atoms with van der Waals surface area (Å²) in [5, 5.41) is 2.71. The highest BCUT2D eigenvalue weighted by Crippen LogP contribution is 2.37. The summed E-state index contributed by atoms with van der Waals surface area (Å²) in [6.45, 7) is 0.500. The summed E-state index contributed by atoms with van der Waals surface area (Å²) in [5.74, 6) is -0.276. The van der Waals surface area contributed by atoms with Crippen LogP contribution in [0.4, 0.5) is 18.0 Å². The molecule has 0 aliphatic carbocycles. The van der Waals surface area contributed by atoms with E-state index in [0.717, 1.165) is 12.1 Å². The van der Waals surface area contributed by atoms with Crippen LogP contribution < -0.4 is 5.32 Å². The molecule has 0 fully saturated rings. The zero-order valence-electron chi connectivity index (χ0n) is 15.4. The summed E-state index contributed by atoms with van der Waals surface area (Å²) in [4.78, 5) is 32.6. The molecule has 9 heteroatoms. The number of benzene rings is 1. The zero-order chi connectivity index (χ0) is 20.8. The first kappa shape index (κ1) is 19.0. The van der Waals surface area contributed by atoms with Gasteiger partial charge in [-0.05, 0) is 29.8 Å². The highest BCUT2D eigenvalue weighted by molar-refractivity contribution is 6.01. The Hall–Kier alpha value is -3.36. The van der Waals surface area contributed by atoms with Crippen LogP contribution in [-0.2, 0) is 17.5 Å². The summed E-state index contributed by atoms with van der Waals surface area (Å²) >= 11 is 0. The van der Waals surface area contributed by atoms with E-state index in [1.54, 1.807) is 30.3 Å². The lowest BCUT2D eigenvalue weighted by Crippen LogP contribution is -2.45. The fourth-order valence-electron chi connectivity index (χ4n) is 3.55. The molecule has 2 aliphatic heterocycles. The average molecular weight is 402 g/mol. The predicted octanol–water partition coefficient (Wildman–Crippen LogP) is 3.09. The number of hydrogen-bond acceptors (Lipinski definition) is 3. The lowest BCUT2D eigenvalue weighted by molar-refractivity contribution is -0.137. The predicted molar refractivity (Wildman–Crippen MR) is 97.2 cm³/mol. The minimum absolute atomic E-state index is 0.228. The fourth-order valence-corrected chi connectivity index (χ4v) is 3.55. The number of aromatic nitrogens is 1. The molecule has 0 saturated carbocycles. The van der Waals surface area contributed by atoms with Crippen LogP contribution in [-0.4, -0.2) is 40.3 Å². The van der Waals surface area contributed by atoms with Crippen molar-refractivity contribution in [3.8, 4) is 0 Å². The molecule has 6 nitrogen and oxygen atoms in total. The van der Waals surface area contributed by atoms with Crippen molar-refractivity contribution in [2.75, 3.05) is 13.6 Å². The van der Waals surface area contributed by atoms with Gasteiger partial charge in [-0.2, -0.15) is 13.2 Å². The number of nitrogens with one attached hydrogen (secondary N) is 1. The second-order valence-corrected chi connectivity index (χ2v) is 6.90. The number of hydrogen-bond donors (Lipinski definition) is 1. The molecular weight excluding hydrogens is 385 g/mol. The van der Waals surface area contributed by atoms with Gasteiger partial charge in [0.2, 0.25) is 0 Å². The van der Waals surface area contributed by atoms with Crippen LogP contribution in [0.25, 0.3) is 0 Å². The van der Waals surface area contributed by atoms with Gasteiger partial charge in [0.25, 0.3) is 5.91 Å². The number of nitrogens with zero attached hydrogens (tertiary/aromatic N) is 3. The third-order valence-electron chi connectivity index (χ3n) is 5.09. The maximum atomic E-state index is 13.1. The number of amides is 3. The van der Waals surface area contributed by atoms with E-state index in [4.69, 9.17) is 0 Å². The Bertz CT molecular complexity index is 987. The number of carbonyl (C=O) groups is 2. The van der Waals surface area contributed by atoms with Crippen LogP contribution in [0.2, 0.25) is 0 Å². The van der Waals surface area contributed by atoms with Crippen LogP contribution >= 0.6 is 0 Å². The van der Waals surface area contributed by atoms with Gasteiger partial charge in [-0.1, -0.05) is 18.2 Å².